The number of halogens is 1. The quantitative estimate of drug-likeness (QED) is 0.347. The zero-order valence-electron chi connectivity index (χ0n) is 11.9. The van der Waals surface area contributed by atoms with E-state index in [1.54, 1.807) is 0 Å². The van der Waals surface area contributed by atoms with Gasteiger partial charge >= 0.3 is 0 Å². The van der Waals surface area contributed by atoms with Crippen LogP contribution in [0, 0.1) is 0 Å². The van der Waals surface area contributed by atoms with Gasteiger partial charge in [0, 0.05) is 18.7 Å². The number of hydrogen-bond acceptors (Lipinski definition) is 2. The largest absolute Gasteiger partial charge is 0.378 e. The van der Waals surface area contributed by atoms with E-state index >= 15 is 0 Å². The molecule has 1 aliphatic heterocycles. The van der Waals surface area contributed by atoms with Crippen molar-refractivity contribution >= 4 is 29.9 Å². The number of nitrogens with zero attached hydrogens (tertiary/aromatic N) is 1. The number of aliphatic imine (C=N–C) groups is 1. The Labute approximate surface area is 128 Å². The Morgan fingerprint density at radius 3 is 2.67 bits per heavy atom. The maximum absolute atomic E-state index is 5.79. The molecule has 0 aromatic heterocycles. The molecule has 1 atom stereocenters. The van der Waals surface area contributed by atoms with E-state index in [0.29, 0.717) is 12.1 Å². The molecule has 0 aromatic rings. The van der Waals surface area contributed by atoms with E-state index in [1.807, 2.05) is 0 Å². The van der Waals surface area contributed by atoms with E-state index in [0.717, 1.165) is 26.0 Å². The van der Waals surface area contributed by atoms with Gasteiger partial charge in [-0.15, -0.1) is 24.0 Å². The fraction of sp³-hybridized carbons (Fsp3) is 0.923. The number of hydrogen-bond donors (Lipinski definition) is 2. The van der Waals surface area contributed by atoms with Crippen LogP contribution >= 0.6 is 24.0 Å². The van der Waals surface area contributed by atoms with Crippen molar-refractivity contribution in [1.29, 1.82) is 0 Å². The minimum absolute atomic E-state index is 0. The van der Waals surface area contributed by atoms with Gasteiger partial charge in [-0.1, -0.05) is 0 Å². The second-order valence-electron chi connectivity index (χ2n) is 5.77. The normalized spacial score (nSPS) is 21.3. The summed E-state index contributed by atoms with van der Waals surface area (Å²) in [6, 6.07) is 0. The van der Waals surface area contributed by atoms with Crippen molar-refractivity contribution in [2.75, 3.05) is 13.2 Å². The molecule has 0 amide bonds. The second kappa shape index (κ2) is 8.96. The van der Waals surface area contributed by atoms with Crippen LogP contribution in [-0.2, 0) is 4.74 Å². The first kappa shape index (κ1) is 18.0. The zero-order chi connectivity index (χ0) is 12.7. The number of nitrogens with two attached hydrogens (primary N) is 1. The number of nitrogens with one attached hydrogen (secondary N) is 1. The fourth-order valence-corrected chi connectivity index (χ4v) is 1.98. The molecule has 0 saturated carbocycles. The Balaban J connectivity index is 0.00000289. The van der Waals surface area contributed by atoms with Crippen molar-refractivity contribution in [1.82, 2.24) is 5.32 Å². The summed E-state index contributed by atoms with van der Waals surface area (Å²) in [4.78, 5) is 4.32. The van der Waals surface area contributed by atoms with Gasteiger partial charge < -0.3 is 15.8 Å². The Hall–Kier alpha value is -0.0400. The standard InChI is InChI=1S/C13H27N3O.HI/c1-13(2,3)16-12(14)15-9-6-8-11-7-4-5-10-17-11;/h11H,4-10H2,1-3H3,(H3,14,15,16);1H. The van der Waals surface area contributed by atoms with E-state index in [2.05, 4.69) is 31.1 Å². The van der Waals surface area contributed by atoms with E-state index < -0.39 is 0 Å². The van der Waals surface area contributed by atoms with Crippen LogP contribution in [0.4, 0.5) is 0 Å². The van der Waals surface area contributed by atoms with Crippen molar-refractivity contribution in [2.24, 2.45) is 10.7 Å². The molecule has 1 saturated heterocycles. The van der Waals surface area contributed by atoms with Crippen molar-refractivity contribution in [3.8, 4) is 0 Å². The first-order valence-electron chi connectivity index (χ1n) is 6.67. The number of guanidine groups is 1. The third-order valence-electron chi connectivity index (χ3n) is 2.74. The summed E-state index contributed by atoms with van der Waals surface area (Å²) in [5.74, 6) is 0.544. The summed E-state index contributed by atoms with van der Waals surface area (Å²) < 4.78 is 5.67. The molecular weight excluding hydrogens is 341 g/mol. The summed E-state index contributed by atoms with van der Waals surface area (Å²) in [5.41, 5.74) is 5.77. The highest BCUT2D eigenvalue weighted by molar-refractivity contribution is 14.0. The topological polar surface area (TPSA) is 59.6 Å². The summed E-state index contributed by atoms with van der Waals surface area (Å²) >= 11 is 0. The van der Waals surface area contributed by atoms with Crippen LogP contribution in [0.1, 0.15) is 52.9 Å². The molecule has 1 unspecified atom stereocenters. The van der Waals surface area contributed by atoms with Crippen molar-refractivity contribution in [3.05, 3.63) is 0 Å². The van der Waals surface area contributed by atoms with Gasteiger partial charge in [-0.2, -0.15) is 0 Å². The summed E-state index contributed by atoms with van der Waals surface area (Å²) in [5, 5.41) is 3.15. The molecule has 0 aliphatic carbocycles. The monoisotopic (exact) mass is 369 g/mol. The van der Waals surface area contributed by atoms with Gasteiger partial charge in [0.2, 0.25) is 0 Å². The van der Waals surface area contributed by atoms with Gasteiger partial charge in [-0.3, -0.25) is 4.99 Å². The van der Waals surface area contributed by atoms with Gasteiger partial charge in [0.1, 0.15) is 0 Å². The third kappa shape index (κ3) is 8.97. The van der Waals surface area contributed by atoms with Crippen LogP contribution < -0.4 is 11.1 Å². The molecule has 0 radical (unpaired) electrons. The lowest BCUT2D eigenvalue weighted by Crippen LogP contribution is -2.45. The molecular formula is C13H28IN3O. The molecule has 0 spiro atoms. The van der Waals surface area contributed by atoms with E-state index in [1.165, 1.54) is 19.3 Å². The number of rotatable bonds is 4. The zero-order valence-corrected chi connectivity index (χ0v) is 14.2. The second-order valence-corrected chi connectivity index (χ2v) is 5.77. The highest BCUT2D eigenvalue weighted by atomic mass is 127. The highest BCUT2D eigenvalue weighted by Crippen LogP contribution is 2.16. The molecule has 108 valence electrons. The number of ether oxygens (including phenoxy) is 1. The minimum atomic E-state index is -0.0138. The fourth-order valence-electron chi connectivity index (χ4n) is 1.98. The van der Waals surface area contributed by atoms with Crippen molar-refractivity contribution in [2.45, 2.75) is 64.5 Å². The lowest BCUT2D eigenvalue weighted by Gasteiger charge is -2.22. The molecule has 4 nitrogen and oxygen atoms in total. The Bertz CT molecular complexity index is 245. The highest BCUT2D eigenvalue weighted by Gasteiger charge is 2.13. The average molecular weight is 369 g/mol. The first-order valence-corrected chi connectivity index (χ1v) is 6.67. The van der Waals surface area contributed by atoms with Crippen LogP contribution in [0.2, 0.25) is 0 Å². The molecule has 18 heavy (non-hydrogen) atoms. The minimum Gasteiger partial charge on any atom is -0.378 e. The summed E-state index contributed by atoms with van der Waals surface area (Å²) in [7, 11) is 0. The molecule has 0 aromatic carbocycles. The Morgan fingerprint density at radius 2 is 2.11 bits per heavy atom. The predicted molar refractivity (Wildman–Crippen MR) is 87.6 cm³/mol. The van der Waals surface area contributed by atoms with Gasteiger partial charge in [0.05, 0.1) is 6.10 Å². The summed E-state index contributed by atoms with van der Waals surface area (Å²) in [6.07, 6.45) is 6.34. The molecule has 3 N–H and O–H groups in total. The average Bonchev–Trinajstić information content (AvgIpc) is 2.23. The molecule has 5 heteroatoms. The first-order chi connectivity index (χ1) is 7.97. The Morgan fingerprint density at radius 1 is 1.39 bits per heavy atom. The SMILES string of the molecule is CC(C)(C)NC(N)=NCCCC1CCCCO1.I. The van der Waals surface area contributed by atoms with Crippen molar-refractivity contribution < 1.29 is 4.74 Å². The van der Waals surface area contributed by atoms with Crippen LogP contribution in [0.5, 0.6) is 0 Å². The molecule has 1 aliphatic rings. The van der Waals surface area contributed by atoms with Gasteiger partial charge in [-0.05, 0) is 52.9 Å². The van der Waals surface area contributed by atoms with Gasteiger partial charge in [0.15, 0.2) is 5.96 Å². The smallest absolute Gasteiger partial charge is 0.188 e. The lowest BCUT2D eigenvalue weighted by atomic mass is 10.1. The lowest BCUT2D eigenvalue weighted by molar-refractivity contribution is 0.0105. The van der Waals surface area contributed by atoms with Crippen LogP contribution in [0.25, 0.3) is 0 Å². The van der Waals surface area contributed by atoms with Gasteiger partial charge in [-0.25, -0.2) is 0 Å². The van der Waals surface area contributed by atoms with Crippen LogP contribution in [0.3, 0.4) is 0 Å². The van der Waals surface area contributed by atoms with Crippen molar-refractivity contribution in [3.63, 3.8) is 0 Å². The van der Waals surface area contributed by atoms with Crippen LogP contribution in [-0.4, -0.2) is 30.8 Å². The maximum atomic E-state index is 5.79. The molecule has 1 heterocycles. The van der Waals surface area contributed by atoms with E-state index in [4.69, 9.17) is 10.5 Å². The summed E-state index contributed by atoms with van der Waals surface area (Å²) in [6.45, 7) is 7.94. The predicted octanol–water partition coefficient (Wildman–Crippen LogP) is 2.66. The molecule has 0 bridgehead atoms. The van der Waals surface area contributed by atoms with E-state index in [9.17, 15) is 0 Å². The van der Waals surface area contributed by atoms with Crippen LogP contribution in [0.15, 0.2) is 4.99 Å². The third-order valence-corrected chi connectivity index (χ3v) is 2.74. The maximum Gasteiger partial charge on any atom is 0.188 e. The van der Waals surface area contributed by atoms with Gasteiger partial charge in [0.25, 0.3) is 0 Å². The van der Waals surface area contributed by atoms with E-state index in [-0.39, 0.29) is 29.5 Å². The molecule has 1 rings (SSSR count). The Kier molecular flexibility index (Phi) is 8.94. The molecule has 1 fully saturated rings.